The van der Waals surface area contributed by atoms with Crippen molar-refractivity contribution in [1.29, 1.82) is 0 Å². The molecule has 1 aliphatic carbocycles. The maximum Gasteiger partial charge on any atom is 0.229 e. The first-order valence-electron chi connectivity index (χ1n) is 13.0. The summed E-state index contributed by atoms with van der Waals surface area (Å²) in [5, 5.41) is 7.92. The third-order valence-corrected chi connectivity index (χ3v) is 7.56. The molecule has 0 bridgehead atoms. The largest absolute Gasteiger partial charge is 0.381 e. The molecule has 0 unspecified atom stereocenters. The zero-order valence-corrected chi connectivity index (χ0v) is 21.2. The molecule has 1 aliphatic heterocycles. The van der Waals surface area contributed by atoms with Crippen molar-refractivity contribution >= 4 is 17.2 Å². The number of benzene rings is 1. The Morgan fingerprint density at radius 3 is 2.61 bits per heavy atom. The lowest BCUT2D eigenvalue weighted by Crippen LogP contribution is -2.25. The zero-order chi connectivity index (χ0) is 26.2. The van der Waals surface area contributed by atoms with E-state index in [2.05, 4.69) is 33.4 Å². The van der Waals surface area contributed by atoms with E-state index in [9.17, 15) is 0 Å². The van der Waals surface area contributed by atoms with Crippen LogP contribution in [0, 0.1) is 11.6 Å². The number of ether oxygens (including phenoxy) is 1. The van der Waals surface area contributed by atoms with E-state index in [4.69, 9.17) is 10.5 Å². The SMILES string of the molecule is CC1=C[C@H](N)C[C@H](c2ccncc2Nc2ncc3ccc(-c4c(F)cc(C5CCOCC5)cc4F)nn23)C1. The molecule has 4 aromatic rings. The van der Waals surface area contributed by atoms with Gasteiger partial charge in [-0.3, -0.25) is 4.98 Å². The van der Waals surface area contributed by atoms with Gasteiger partial charge in [0.25, 0.3) is 0 Å². The highest BCUT2D eigenvalue weighted by Crippen LogP contribution is 2.37. The quantitative estimate of drug-likeness (QED) is 0.323. The van der Waals surface area contributed by atoms with Crippen LogP contribution in [0.15, 0.2) is 60.6 Å². The second-order valence-corrected chi connectivity index (χ2v) is 10.3. The third kappa shape index (κ3) is 4.79. The molecule has 1 saturated heterocycles. The Labute approximate surface area is 219 Å². The van der Waals surface area contributed by atoms with Gasteiger partial charge in [0, 0.05) is 25.5 Å². The van der Waals surface area contributed by atoms with Crippen LogP contribution < -0.4 is 11.1 Å². The standard InChI is InChI=1S/C29H30F2N6O/c1-17-10-20(12-21(32)11-17)23-4-7-33-16-27(23)35-29-34-15-22-2-3-26(36-37(22)29)28-24(30)13-19(14-25(28)31)18-5-8-38-9-6-18/h2-4,7,11,13-16,18,20-21H,5-6,8-10,12,32H2,1H3,(H,34,35)/t20-,21+/m1/s1. The lowest BCUT2D eigenvalue weighted by atomic mass is 9.82. The Bertz CT molecular complexity index is 1490. The van der Waals surface area contributed by atoms with Crippen molar-refractivity contribution in [1.82, 2.24) is 19.6 Å². The number of nitrogens with one attached hydrogen (secondary N) is 1. The van der Waals surface area contributed by atoms with Crippen molar-refractivity contribution < 1.29 is 13.5 Å². The van der Waals surface area contributed by atoms with Crippen LogP contribution in [0.3, 0.4) is 0 Å². The summed E-state index contributed by atoms with van der Waals surface area (Å²) in [6.45, 7) is 3.31. The summed E-state index contributed by atoms with van der Waals surface area (Å²) in [5.74, 6) is -0.483. The second kappa shape index (κ2) is 10.2. The van der Waals surface area contributed by atoms with Gasteiger partial charge in [0.1, 0.15) is 11.6 Å². The average molecular weight is 517 g/mol. The molecule has 1 fully saturated rings. The average Bonchev–Trinajstić information content (AvgIpc) is 3.30. The Kier molecular flexibility index (Phi) is 6.63. The van der Waals surface area contributed by atoms with Crippen molar-refractivity contribution in [2.45, 2.75) is 50.5 Å². The van der Waals surface area contributed by atoms with Gasteiger partial charge in [0.05, 0.1) is 34.9 Å². The molecule has 6 rings (SSSR count). The fourth-order valence-corrected chi connectivity index (χ4v) is 5.73. The van der Waals surface area contributed by atoms with Crippen LogP contribution in [0.5, 0.6) is 0 Å². The molecule has 0 radical (unpaired) electrons. The summed E-state index contributed by atoms with van der Waals surface area (Å²) < 4.78 is 37.5. The van der Waals surface area contributed by atoms with Crippen LogP contribution in [-0.4, -0.2) is 38.8 Å². The summed E-state index contributed by atoms with van der Waals surface area (Å²) in [7, 11) is 0. The van der Waals surface area contributed by atoms with Crippen molar-refractivity contribution in [2.75, 3.05) is 18.5 Å². The lowest BCUT2D eigenvalue weighted by molar-refractivity contribution is 0.0852. The van der Waals surface area contributed by atoms with Crippen LogP contribution in [-0.2, 0) is 4.74 Å². The van der Waals surface area contributed by atoms with E-state index in [0.717, 1.165) is 36.9 Å². The van der Waals surface area contributed by atoms with Crippen molar-refractivity contribution in [3.8, 4) is 11.3 Å². The molecule has 2 atom stereocenters. The van der Waals surface area contributed by atoms with Crippen molar-refractivity contribution in [2.24, 2.45) is 5.73 Å². The second-order valence-electron chi connectivity index (χ2n) is 10.3. The number of hydrogen-bond acceptors (Lipinski definition) is 6. The Morgan fingerprint density at radius 2 is 1.84 bits per heavy atom. The fourth-order valence-electron chi connectivity index (χ4n) is 5.73. The smallest absolute Gasteiger partial charge is 0.229 e. The van der Waals surface area contributed by atoms with Crippen LogP contribution in [0.25, 0.3) is 16.8 Å². The van der Waals surface area contributed by atoms with Crippen molar-refractivity contribution in [3.63, 3.8) is 0 Å². The molecule has 3 aromatic heterocycles. The number of anilines is 2. The molecule has 0 spiro atoms. The highest BCUT2D eigenvalue weighted by molar-refractivity contribution is 5.66. The molecule has 0 saturated carbocycles. The van der Waals surface area contributed by atoms with E-state index in [1.807, 2.05) is 6.07 Å². The summed E-state index contributed by atoms with van der Waals surface area (Å²) in [5.41, 5.74) is 10.8. The minimum Gasteiger partial charge on any atom is -0.381 e. The first-order valence-corrected chi connectivity index (χ1v) is 13.0. The van der Waals surface area contributed by atoms with Crippen LogP contribution in [0.1, 0.15) is 55.6 Å². The van der Waals surface area contributed by atoms with Gasteiger partial charge in [-0.15, -0.1) is 0 Å². The molecular formula is C29H30F2N6O. The number of imidazole rings is 1. The summed E-state index contributed by atoms with van der Waals surface area (Å²) in [6.07, 6.45) is 10.6. The number of halogens is 2. The maximum atomic E-state index is 15.3. The number of pyridine rings is 1. The first-order chi connectivity index (χ1) is 18.5. The first kappa shape index (κ1) is 24.6. The van der Waals surface area contributed by atoms with E-state index in [-0.39, 0.29) is 29.1 Å². The number of nitrogens with two attached hydrogens (primary N) is 1. The highest BCUT2D eigenvalue weighted by Gasteiger charge is 2.24. The summed E-state index contributed by atoms with van der Waals surface area (Å²) in [6, 6.07) is 8.24. The molecule has 4 heterocycles. The Balaban J connectivity index is 1.33. The molecule has 2 aliphatic rings. The van der Waals surface area contributed by atoms with Gasteiger partial charge in [-0.2, -0.15) is 9.61 Å². The number of hydrogen-bond donors (Lipinski definition) is 2. The van der Waals surface area contributed by atoms with Gasteiger partial charge >= 0.3 is 0 Å². The predicted octanol–water partition coefficient (Wildman–Crippen LogP) is 5.86. The van der Waals surface area contributed by atoms with E-state index in [1.54, 1.807) is 35.2 Å². The summed E-state index contributed by atoms with van der Waals surface area (Å²) in [4.78, 5) is 8.79. The van der Waals surface area contributed by atoms with E-state index < -0.39 is 11.6 Å². The van der Waals surface area contributed by atoms with Gasteiger partial charge in [0.2, 0.25) is 5.95 Å². The molecular weight excluding hydrogens is 486 g/mol. The normalized spacial score (nSPS) is 20.5. The summed E-state index contributed by atoms with van der Waals surface area (Å²) >= 11 is 0. The zero-order valence-electron chi connectivity index (χ0n) is 21.2. The van der Waals surface area contributed by atoms with Gasteiger partial charge in [-0.25, -0.2) is 13.8 Å². The van der Waals surface area contributed by atoms with E-state index in [0.29, 0.717) is 30.2 Å². The molecule has 1 aromatic carbocycles. The predicted molar refractivity (Wildman–Crippen MR) is 142 cm³/mol. The number of nitrogens with zero attached hydrogens (tertiary/aromatic N) is 4. The third-order valence-electron chi connectivity index (χ3n) is 7.56. The molecule has 196 valence electrons. The van der Waals surface area contributed by atoms with Crippen molar-refractivity contribution in [3.05, 3.63) is 83.3 Å². The molecule has 3 N–H and O–H groups in total. The van der Waals surface area contributed by atoms with Gasteiger partial charge in [-0.1, -0.05) is 11.6 Å². The topological polar surface area (TPSA) is 90.4 Å². The van der Waals surface area contributed by atoms with Crippen LogP contribution in [0.2, 0.25) is 0 Å². The molecule has 9 heteroatoms. The maximum absolute atomic E-state index is 15.3. The minimum atomic E-state index is -0.625. The Hall–Kier alpha value is -3.69. The molecule has 38 heavy (non-hydrogen) atoms. The molecule has 7 nitrogen and oxygen atoms in total. The molecule has 0 amide bonds. The highest BCUT2D eigenvalue weighted by atomic mass is 19.1. The number of rotatable bonds is 5. The Morgan fingerprint density at radius 1 is 1.05 bits per heavy atom. The van der Waals surface area contributed by atoms with E-state index >= 15 is 8.78 Å². The van der Waals surface area contributed by atoms with Gasteiger partial charge in [-0.05, 0) is 85.9 Å². The van der Waals surface area contributed by atoms with Crippen LogP contribution >= 0.6 is 0 Å². The van der Waals surface area contributed by atoms with Gasteiger partial charge in [0.15, 0.2) is 0 Å². The fraction of sp³-hybridized carbons (Fsp3) is 0.345. The monoisotopic (exact) mass is 516 g/mol. The van der Waals surface area contributed by atoms with Crippen LogP contribution in [0.4, 0.5) is 20.4 Å². The number of fused-ring (bicyclic) bond motifs is 1. The number of allylic oxidation sites excluding steroid dienone is 1. The lowest BCUT2D eigenvalue weighted by Gasteiger charge is -2.27. The number of aromatic nitrogens is 4. The van der Waals surface area contributed by atoms with E-state index in [1.165, 1.54) is 17.7 Å². The minimum absolute atomic E-state index is 0.00822. The van der Waals surface area contributed by atoms with Gasteiger partial charge < -0.3 is 15.8 Å².